The van der Waals surface area contributed by atoms with Crippen molar-refractivity contribution in [3.05, 3.63) is 59.7 Å². The number of benzene rings is 2. The van der Waals surface area contributed by atoms with E-state index in [-0.39, 0.29) is 17.7 Å². The van der Waals surface area contributed by atoms with Crippen molar-refractivity contribution in [1.29, 1.82) is 0 Å². The van der Waals surface area contributed by atoms with Gasteiger partial charge in [-0.2, -0.15) is 0 Å². The Morgan fingerprint density at radius 1 is 1.05 bits per heavy atom. The Balaban J connectivity index is 2.22. The number of ether oxygens (including phenoxy) is 1. The van der Waals surface area contributed by atoms with Crippen molar-refractivity contribution in [2.24, 2.45) is 0 Å². The Kier molecular flexibility index (Phi) is 4.69. The topological polar surface area (TPSA) is 21.3 Å². The summed E-state index contributed by atoms with van der Waals surface area (Å²) in [5.41, 5.74) is 0.463. The van der Waals surface area contributed by atoms with Gasteiger partial charge in [-0.15, -0.1) is 0 Å². The molecule has 0 radical (unpaired) electrons. The summed E-state index contributed by atoms with van der Waals surface area (Å²) in [5, 5.41) is 3.16. The fraction of sp³-hybridized carbons (Fsp3) is 0.250. The third-order valence-electron chi connectivity index (χ3n) is 2.80. The van der Waals surface area contributed by atoms with Gasteiger partial charge in [-0.05, 0) is 36.4 Å². The molecule has 20 heavy (non-hydrogen) atoms. The predicted molar refractivity (Wildman–Crippen MR) is 74.8 cm³/mol. The maximum atomic E-state index is 13.9. The van der Waals surface area contributed by atoms with Gasteiger partial charge in [0.1, 0.15) is 23.1 Å². The van der Waals surface area contributed by atoms with Crippen LogP contribution >= 0.6 is 0 Å². The second-order valence-electron chi connectivity index (χ2n) is 4.81. The van der Waals surface area contributed by atoms with Crippen LogP contribution in [0.1, 0.15) is 19.4 Å². The van der Waals surface area contributed by atoms with Crippen LogP contribution in [0.2, 0.25) is 0 Å². The van der Waals surface area contributed by atoms with Crippen LogP contribution in [0.15, 0.2) is 42.5 Å². The van der Waals surface area contributed by atoms with Crippen molar-refractivity contribution in [2.45, 2.75) is 26.4 Å². The number of nitrogens with one attached hydrogen (secondary N) is 1. The standard InChI is InChI=1S/C16H17F2NO/c1-11(2)19-10-14-15(18)4-3-5-16(14)20-13-8-6-12(17)7-9-13/h3-9,11,19H,10H2,1-2H3. The zero-order valence-corrected chi connectivity index (χ0v) is 11.5. The molecular formula is C16H17F2NO. The van der Waals surface area contributed by atoms with Crippen molar-refractivity contribution in [2.75, 3.05) is 0 Å². The second-order valence-corrected chi connectivity index (χ2v) is 4.81. The molecule has 0 heterocycles. The molecule has 0 unspecified atom stereocenters. The number of rotatable bonds is 5. The molecule has 106 valence electrons. The van der Waals surface area contributed by atoms with Crippen molar-refractivity contribution in [3.8, 4) is 11.5 Å². The van der Waals surface area contributed by atoms with E-state index in [1.165, 1.54) is 30.3 Å². The van der Waals surface area contributed by atoms with E-state index in [1.807, 2.05) is 13.8 Å². The molecule has 0 aliphatic carbocycles. The Labute approximate surface area is 117 Å². The van der Waals surface area contributed by atoms with Crippen molar-refractivity contribution >= 4 is 0 Å². The SMILES string of the molecule is CC(C)NCc1c(F)cccc1Oc1ccc(F)cc1. The Morgan fingerprint density at radius 3 is 2.40 bits per heavy atom. The summed E-state index contributed by atoms with van der Waals surface area (Å²) in [5.74, 6) is 0.253. The summed E-state index contributed by atoms with van der Waals surface area (Å²) in [6.07, 6.45) is 0. The molecule has 0 bridgehead atoms. The smallest absolute Gasteiger partial charge is 0.134 e. The Morgan fingerprint density at radius 2 is 1.75 bits per heavy atom. The first kappa shape index (κ1) is 14.5. The number of hydrogen-bond acceptors (Lipinski definition) is 2. The van der Waals surface area contributed by atoms with Gasteiger partial charge in [-0.1, -0.05) is 19.9 Å². The molecule has 0 aromatic heterocycles. The molecule has 2 aromatic carbocycles. The van der Waals surface area contributed by atoms with Crippen molar-refractivity contribution in [3.63, 3.8) is 0 Å². The Bertz CT molecular complexity index is 567. The van der Waals surface area contributed by atoms with Crippen LogP contribution in [0.5, 0.6) is 11.5 Å². The van der Waals surface area contributed by atoms with Gasteiger partial charge in [0.25, 0.3) is 0 Å². The molecular weight excluding hydrogens is 260 g/mol. The third kappa shape index (κ3) is 3.78. The largest absolute Gasteiger partial charge is 0.457 e. The maximum Gasteiger partial charge on any atom is 0.134 e. The van der Waals surface area contributed by atoms with Crippen LogP contribution < -0.4 is 10.1 Å². The van der Waals surface area contributed by atoms with Gasteiger partial charge in [0, 0.05) is 18.2 Å². The normalized spacial score (nSPS) is 10.8. The highest BCUT2D eigenvalue weighted by atomic mass is 19.1. The van der Waals surface area contributed by atoms with Crippen molar-refractivity contribution in [1.82, 2.24) is 5.32 Å². The average Bonchev–Trinajstić information content (AvgIpc) is 2.40. The quantitative estimate of drug-likeness (QED) is 0.882. The zero-order chi connectivity index (χ0) is 14.5. The van der Waals surface area contributed by atoms with Crippen LogP contribution in [0.25, 0.3) is 0 Å². The van der Waals surface area contributed by atoms with E-state index in [2.05, 4.69) is 5.32 Å². The van der Waals surface area contributed by atoms with Crippen molar-refractivity contribution < 1.29 is 13.5 Å². The minimum absolute atomic E-state index is 0.244. The van der Waals surface area contributed by atoms with Gasteiger partial charge in [-0.3, -0.25) is 0 Å². The molecule has 2 rings (SSSR count). The fourth-order valence-electron chi connectivity index (χ4n) is 1.74. The fourth-order valence-corrected chi connectivity index (χ4v) is 1.74. The van der Waals surface area contributed by atoms with E-state index >= 15 is 0 Å². The molecule has 1 N–H and O–H groups in total. The highest BCUT2D eigenvalue weighted by Gasteiger charge is 2.11. The first-order valence-electron chi connectivity index (χ1n) is 6.50. The van der Waals surface area contributed by atoms with E-state index in [1.54, 1.807) is 12.1 Å². The highest BCUT2D eigenvalue weighted by molar-refractivity contribution is 5.38. The van der Waals surface area contributed by atoms with Gasteiger partial charge in [-0.25, -0.2) is 8.78 Å². The summed E-state index contributed by atoms with van der Waals surface area (Å²) < 4.78 is 32.4. The highest BCUT2D eigenvalue weighted by Crippen LogP contribution is 2.27. The molecule has 0 fully saturated rings. The summed E-state index contributed by atoms with van der Waals surface area (Å²) >= 11 is 0. The molecule has 0 aliphatic rings. The molecule has 4 heteroatoms. The minimum atomic E-state index is -0.335. The minimum Gasteiger partial charge on any atom is -0.457 e. The summed E-state index contributed by atoms with van der Waals surface area (Å²) in [6, 6.07) is 10.6. The molecule has 0 amide bonds. The summed E-state index contributed by atoms with van der Waals surface area (Å²) in [7, 11) is 0. The lowest BCUT2D eigenvalue weighted by Gasteiger charge is -2.14. The van der Waals surface area contributed by atoms with Gasteiger partial charge in [0.2, 0.25) is 0 Å². The van der Waals surface area contributed by atoms with Gasteiger partial charge in [0.05, 0.1) is 0 Å². The van der Waals surface area contributed by atoms with Crippen LogP contribution in [0.3, 0.4) is 0 Å². The third-order valence-corrected chi connectivity index (χ3v) is 2.80. The van der Waals surface area contributed by atoms with Gasteiger partial charge < -0.3 is 10.1 Å². The second kappa shape index (κ2) is 6.48. The van der Waals surface area contributed by atoms with E-state index in [0.29, 0.717) is 23.6 Å². The lowest BCUT2D eigenvalue weighted by molar-refractivity contribution is 0.456. The number of hydrogen-bond donors (Lipinski definition) is 1. The molecule has 2 nitrogen and oxygen atoms in total. The van der Waals surface area contributed by atoms with E-state index in [4.69, 9.17) is 4.74 Å². The molecule has 0 saturated heterocycles. The number of halogens is 2. The van der Waals surface area contributed by atoms with E-state index < -0.39 is 0 Å². The summed E-state index contributed by atoms with van der Waals surface area (Å²) in [6.45, 7) is 4.35. The lowest BCUT2D eigenvalue weighted by atomic mass is 10.1. The van der Waals surface area contributed by atoms with Crippen LogP contribution in [-0.2, 0) is 6.54 Å². The molecule has 0 spiro atoms. The van der Waals surface area contributed by atoms with E-state index in [9.17, 15) is 8.78 Å². The summed E-state index contributed by atoms with van der Waals surface area (Å²) in [4.78, 5) is 0. The molecule has 2 aromatic rings. The molecule has 0 atom stereocenters. The van der Waals surface area contributed by atoms with E-state index in [0.717, 1.165) is 0 Å². The van der Waals surface area contributed by atoms with Crippen LogP contribution in [0.4, 0.5) is 8.78 Å². The first-order valence-corrected chi connectivity index (χ1v) is 6.50. The predicted octanol–water partition coefficient (Wildman–Crippen LogP) is 4.26. The van der Waals surface area contributed by atoms with Crippen LogP contribution in [-0.4, -0.2) is 6.04 Å². The monoisotopic (exact) mass is 277 g/mol. The van der Waals surface area contributed by atoms with Gasteiger partial charge >= 0.3 is 0 Å². The lowest BCUT2D eigenvalue weighted by Crippen LogP contribution is -2.22. The Hall–Kier alpha value is -1.94. The molecule has 0 aliphatic heterocycles. The zero-order valence-electron chi connectivity index (χ0n) is 11.5. The first-order chi connectivity index (χ1) is 9.56. The maximum absolute atomic E-state index is 13.9. The average molecular weight is 277 g/mol. The van der Waals surface area contributed by atoms with Crippen LogP contribution in [0, 0.1) is 11.6 Å². The van der Waals surface area contributed by atoms with Gasteiger partial charge in [0.15, 0.2) is 0 Å². The molecule has 0 saturated carbocycles.